The Bertz CT molecular complexity index is 674. The second kappa shape index (κ2) is 6.13. The molecule has 106 valence electrons. The molecule has 0 saturated heterocycles. The molecule has 0 fully saturated rings. The summed E-state index contributed by atoms with van der Waals surface area (Å²) in [7, 11) is -4.04. The summed E-state index contributed by atoms with van der Waals surface area (Å²) in [5.74, 6) is -0.829. The first-order chi connectivity index (χ1) is 9.54. The van der Waals surface area contributed by atoms with Gasteiger partial charge >= 0.3 is 0 Å². The zero-order valence-electron chi connectivity index (χ0n) is 10.5. The molecule has 0 heterocycles. The van der Waals surface area contributed by atoms with E-state index in [0.29, 0.717) is 5.56 Å². The van der Waals surface area contributed by atoms with Crippen molar-refractivity contribution >= 4 is 10.0 Å². The highest BCUT2D eigenvalue weighted by Crippen LogP contribution is 2.18. The molecule has 0 aliphatic carbocycles. The lowest BCUT2D eigenvalue weighted by atomic mass is 10.1. The Hall–Kier alpha value is -1.76. The van der Waals surface area contributed by atoms with Gasteiger partial charge < -0.3 is 5.11 Å². The number of benzene rings is 2. The van der Waals surface area contributed by atoms with Crippen LogP contribution < -0.4 is 4.72 Å². The van der Waals surface area contributed by atoms with Crippen molar-refractivity contribution in [3.8, 4) is 0 Å². The van der Waals surface area contributed by atoms with Gasteiger partial charge in [0.1, 0.15) is 10.7 Å². The van der Waals surface area contributed by atoms with Crippen LogP contribution in [0, 0.1) is 5.82 Å². The predicted octanol–water partition coefficient (Wildman–Crippen LogP) is 1.84. The molecule has 0 bridgehead atoms. The fraction of sp³-hybridized carbons (Fsp3) is 0.143. The van der Waals surface area contributed by atoms with Gasteiger partial charge in [-0.1, -0.05) is 42.5 Å². The molecular weight excluding hydrogens is 281 g/mol. The molecule has 0 aromatic heterocycles. The Morgan fingerprint density at radius 3 is 2.25 bits per heavy atom. The van der Waals surface area contributed by atoms with Gasteiger partial charge in [0.2, 0.25) is 10.0 Å². The van der Waals surface area contributed by atoms with E-state index in [1.807, 2.05) is 0 Å². The van der Waals surface area contributed by atoms with E-state index in [1.54, 1.807) is 30.3 Å². The molecule has 0 aliphatic heterocycles. The van der Waals surface area contributed by atoms with Crippen LogP contribution in [0.25, 0.3) is 0 Å². The van der Waals surface area contributed by atoms with Crippen molar-refractivity contribution in [1.29, 1.82) is 0 Å². The molecule has 20 heavy (non-hydrogen) atoms. The molecule has 0 radical (unpaired) electrons. The van der Waals surface area contributed by atoms with E-state index >= 15 is 0 Å². The summed E-state index contributed by atoms with van der Waals surface area (Å²) in [5.41, 5.74) is 0.606. The van der Waals surface area contributed by atoms with Crippen molar-refractivity contribution in [3.63, 3.8) is 0 Å². The molecule has 0 aliphatic rings. The lowest BCUT2D eigenvalue weighted by Crippen LogP contribution is -2.31. The average Bonchev–Trinajstić information content (AvgIpc) is 2.46. The van der Waals surface area contributed by atoms with Gasteiger partial charge in [0, 0.05) is 0 Å². The third kappa shape index (κ3) is 3.22. The van der Waals surface area contributed by atoms with Crippen LogP contribution in [0.4, 0.5) is 4.39 Å². The van der Waals surface area contributed by atoms with Crippen molar-refractivity contribution in [2.75, 3.05) is 6.61 Å². The lowest BCUT2D eigenvalue weighted by Gasteiger charge is -2.17. The van der Waals surface area contributed by atoms with E-state index in [1.165, 1.54) is 18.2 Å². The van der Waals surface area contributed by atoms with Crippen LogP contribution in [0.5, 0.6) is 0 Å². The van der Waals surface area contributed by atoms with E-state index in [2.05, 4.69) is 4.72 Å². The van der Waals surface area contributed by atoms with Crippen molar-refractivity contribution in [2.45, 2.75) is 10.9 Å². The maximum atomic E-state index is 13.6. The van der Waals surface area contributed by atoms with Crippen LogP contribution in [0.3, 0.4) is 0 Å². The second-order valence-corrected chi connectivity index (χ2v) is 5.88. The van der Waals surface area contributed by atoms with Gasteiger partial charge in [-0.15, -0.1) is 0 Å². The Morgan fingerprint density at radius 1 is 1.05 bits per heavy atom. The molecule has 0 amide bonds. The highest BCUT2D eigenvalue weighted by molar-refractivity contribution is 7.89. The van der Waals surface area contributed by atoms with Crippen molar-refractivity contribution in [1.82, 2.24) is 4.72 Å². The monoisotopic (exact) mass is 295 g/mol. The first-order valence-corrected chi connectivity index (χ1v) is 7.45. The predicted molar refractivity (Wildman–Crippen MR) is 73.0 cm³/mol. The maximum absolute atomic E-state index is 13.6. The van der Waals surface area contributed by atoms with Gasteiger partial charge in [0.25, 0.3) is 0 Å². The maximum Gasteiger partial charge on any atom is 0.244 e. The number of aliphatic hydroxyl groups excluding tert-OH is 1. The van der Waals surface area contributed by atoms with E-state index in [0.717, 1.165) is 6.07 Å². The summed E-state index contributed by atoms with van der Waals surface area (Å²) in [6, 6.07) is 12.9. The van der Waals surface area contributed by atoms with Crippen molar-refractivity contribution < 1.29 is 17.9 Å². The Labute approximate surface area is 116 Å². The topological polar surface area (TPSA) is 66.4 Å². The van der Waals surface area contributed by atoms with Gasteiger partial charge in [0.15, 0.2) is 0 Å². The number of sulfonamides is 1. The summed E-state index contributed by atoms with van der Waals surface area (Å²) in [6.45, 7) is -0.419. The van der Waals surface area contributed by atoms with Crippen LogP contribution in [-0.4, -0.2) is 20.1 Å². The Kier molecular flexibility index (Phi) is 4.49. The molecule has 0 saturated carbocycles. The number of hydrogen-bond donors (Lipinski definition) is 2. The summed E-state index contributed by atoms with van der Waals surface area (Å²) in [4.78, 5) is -0.436. The fourth-order valence-electron chi connectivity index (χ4n) is 1.81. The zero-order chi connectivity index (χ0) is 14.6. The average molecular weight is 295 g/mol. The number of nitrogens with one attached hydrogen (secondary N) is 1. The van der Waals surface area contributed by atoms with Crippen molar-refractivity contribution in [3.05, 3.63) is 66.0 Å². The molecule has 2 N–H and O–H groups in total. The molecule has 1 unspecified atom stereocenters. The lowest BCUT2D eigenvalue weighted by molar-refractivity contribution is 0.258. The highest BCUT2D eigenvalue weighted by Gasteiger charge is 2.23. The standard InChI is InChI=1S/C14H14FNO3S/c15-12-8-4-5-9-14(12)20(18,19)16-13(10-17)11-6-2-1-3-7-11/h1-9,13,16-17H,10H2. The summed E-state index contributed by atoms with van der Waals surface area (Å²) >= 11 is 0. The van der Waals surface area contributed by atoms with Crippen LogP contribution in [0.2, 0.25) is 0 Å². The first kappa shape index (κ1) is 14.6. The minimum absolute atomic E-state index is 0.419. The molecule has 1 atom stereocenters. The van der Waals surface area contributed by atoms with Gasteiger partial charge in [-0.25, -0.2) is 17.5 Å². The molecule has 2 rings (SSSR count). The first-order valence-electron chi connectivity index (χ1n) is 5.97. The Morgan fingerprint density at radius 2 is 1.65 bits per heavy atom. The number of aliphatic hydroxyl groups is 1. The number of rotatable bonds is 5. The van der Waals surface area contributed by atoms with Crippen LogP contribution >= 0.6 is 0 Å². The largest absolute Gasteiger partial charge is 0.394 e. The van der Waals surface area contributed by atoms with Gasteiger partial charge in [0.05, 0.1) is 12.6 Å². The quantitative estimate of drug-likeness (QED) is 0.884. The van der Waals surface area contributed by atoms with Gasteiger partial charge in [-0.2, -0.15) is 0 Å². The van der Waals surface area contributed by atoms with Gasteiger partial charge in [-0.3, -0.25) is 0 Å². The second-order valence-electron chi connectivity index (χ2n) is 4.20. The molecule has 2 aromatic carbocycles. The summed E-state index contributed by atoms with van der Waals surface area (Å²) in [6.07, 6.45) is 0. The number of hydrogen-bond acceptors (Lipinski definition) is 3. The SMILES string of the molecule is O=S(=O)(NC(CO)c1ccccc1)c1ccccc1F. The summed E-state index contributed by atoms with van der Waals surface area (Å²) in [5, 5.41) is 9.34. The third-order valence-corrected chi connectivity index (χ3v) is 4.31. The fourth-order valence-corrected chi connectivity index (χ4v) is 3.10. The third-order valence-electron chi connectivity index (χ3n) is 2.81. The van der Waals surface area contributed by atoms with Crippen LogP contribution in [0.15, 0.2) is 59.5 Å². The zero-order valence-corrected chi connectivity index (χ0v) is 11.3. The molecular formula is C14H14FNO3S. The molecule has 6 heteroatoms. The normalized spacial score (nSPS) is 13.1. The molecule has 4 nitrogen and oxygen atoms in total. The van der Waals surface area contributed by atoms with Crippen molar-refractivity contribution in [2.24, 2.45) is 0 Å². The van der Waals surface area contributed by atoms with Crippen LogP contribution in [0.1, 0.15) is 11.6 Å². The van der Waals surface area contributed by atoms with E-state index < -0.39 is 33.4 Å². The highest BCUT2D eigenvalue weighted by atomic mass is 32.2. The minimum atomic E-state index is -4.04. The Balaban J connectivity index is 2.30. The van der Waals surface area contributed by atoms with Crippen LogP contribution in [-0.2, 0) is 10.0 Å². The van der Waals surface area contributed by atoms with E-state index in [4.69, 9.17) is 0 Å². The molecule has 0 spiro atoms. The minimum Gasteiger partial charge on any atom is -0.394 e. The summed E-state index contributed by atoms with van der Waals surface area (Å²) < 4.78 is 40.1. The van der Waals surface area contributed by atoms with Gasteiger partial charge in [-0.05, 0) is 17.7 Å². The van der Waals surface area contributed by atoms with E-state index in [9.17, 15) is 17.9 Å². The number of halogens is 1. The molecule has 2 aromatic rings. The smallest absolute Gasteiger partial charge is 0.244 e. The van der Waals surface area contributed by atoms with E-state index in [-0.39, 0.29) is 0 Å².